The van der Waals surface area contributed by atoms with E-state index < -0.39 is 304 Å². The maximum Gasteiger partial charge on any atom is 0.475 e. The third-order valence-corrected chi connectivity index (χ3v) is 23.4. The normalized spacial score (nSPS) is 24.3. The number of esters is 12. The Labute approximate surface area is 856 Å². The number of amides is 3. The van der Waals surface area contributed by atoms with E-state index in [1.54, 1.807) is 136 Å². The second-order valence-electron chi connectivity index (χ2n) is 34.8. The van der Waals surface area contributed by atoms with Gasteiger partial charge < -0.3 is 125 Å². The monoisotopic (exact) mass is 2100 g/mol. The summed E-state index contributed by atoms with van der Waals surface area (Å²) in [6, 6.07) is 51.3. The molecule has 1 unspecified atom stereocenters. The van der Waals surface area contributed by atoms with Gasteiger partial charge >= 0.3 is 91.6 Å². The fourth-order valence-corrected chi connectivity index (χ4v) is 17.1. The van der Waals surface area contributed by atoms with E-state index in [2.05, 4.69) is 16.0 Å². The standard InChI is InChI=1S/C103H118N3O42P/c1-59(107)106-79-84(134-65(7)113)80(133-64(6)112)76(56-125-61(3)109)137-97(79)146-92-89(136-67(9)115)85(135-66(8)114)83(78(58-126-62(4)110)148-149(122,131-54-70-38-24-15-25-39-70)130-51-49-105-102(121)147-103(10,11)12)143-100(92)145-88-86(82(75(132-63(5)111)55-124-60(2)108)142-98(90(88)127-52-68-34-20-13-21-35-68)123-50-48-104-101(120)129-53-69-36-22-14-23-37-69)144-99-91(141-96(119)74-46-32-19-33-47-74)87(140-95(118)73-44-30-18-31-45-73)81(139-94(117)72-42-28-17-29-43-72)77(138-99)57-128-93(116)71-40-26-16-27-41-71/h13-47,75-92,97-100H,48-58H2,1-12H3,(H,104,120)(H,105,121)(H,106,107)/t75-,76+,77+,78-,79+,80+,81+,82+,83+,84+,85+,86+,87-,88-,89-,90-,91+,92-,97+,98-,99-,100+,149?/m0/s1. The lowest BCUT2D eigenvalue weighted by Crippen LogP contribution is -2.72. The molecule has 11 rings (SSSR count). The third-order valence-electron chi connectivity index (χ3n) is 22.0. The summed E-state index contributed by atoms with van der Waals surface area (Å²) in [5.74, 6) is -14.9. The summed E-state index contributed by atoms with van der Waals surface area (Å²) >= 11 is 0. The van der Waals surface area contributed by atoms with Gasteiger partial charge in [-0.2, -0.15) is 0 Å². The number of rotatable bonds is 47. The topological polar surface area (TPSA) is 549 Å². The number of carbonyl (C=O) groups is 15. The largest absolute Gasteiger partial charge is 0.475 e. The highest BCUT2D eigenvalue weighted by atomic mass is 31.2. The molecule has 7 aromatic carbocycles. The molecule has 4 aliphatic rings. The second-order valence-corrected chi connectivity index (χ2v) is 36.4. The summed E-state index contributed by atoms with van der Waals surface area (Å²) in [6.45, 7) is 4.76. The summed E-state index contributed by atoms with van der Waals surface area (Å²) < 4.78 is 184. The minimum Gasteiger partial charge on any atom is -0.463 e. The molecule has 3 N–H and O–H groups in total. The zero-order chi connectivity index (χ0) is 107. The Morgan fingerprint density at radius 2 is 0.725 bits per heavy atom. The Morgan fingerprint density at radius 3 is 1.23 bits per heavy atom. The number of hydrogen-bond donors (Lipinski definition) is 3. The van der Waals surface area contributed by atoms with Crippen molar-refractivity contribution in [3.63, 3.8) is 0 Å². The zero-order valence-corrected chi connectivity index (χ0v) is 84.2. The number of carbonyl (C=O) groups excluding carboxylic acids is 15. The van der Waals surface area contributed by atoms with Crippen molar-refractivity contribution in [2.24, 2.45) is 0 Å². The van der Waals surface area contributed by atoms with Gasteiger partial charge in [0, 0.05) is 75.4 Å². The number of phosphoric acid groups is 1. The lowest BCUT2D eigenvalue weighted by atomic mass is 9.91. The summed E-state index contributed by atoms with van der Waals surface area (Å²) in [5, 5.41) is 7.64. The van der Waals surface area contributed by atoms with Crippen LogP contribution in [0.1, 0.15) is 141 Å². The van der Waals surface area contributed by atoms with Crippen LogP contribution in [0.15, 0.2) is 212 Å². The molecule has 23 atom stereocenters. The van der Waals surface area contributed by atoms with Crippen molar-refractivity contribution in [3.05, 3.63) is 251 Å². The van der Waals surface area contributed by atoms with Crippen LogP contribution >= 0.6 is 7.82 Å². The number of benzene rings is 7. The van der Waals surface area contributed by atoms with E-state index in [9.17, 15) is 57.5 Å². The van der Waals surface area contributed by atoms with Crippen LogP contribution in [-0.2, 0) is 190 Å². The third kappa shape index (κ3) is 35.9. The van der Waals surface area contributed by atoms with E-state index in [0.29, 0.717) is 16.7 Å². The molecule has 0 saturated carbocycles. The van der Waals surface area contributed by atoms with Crippen LogP contribution in [0.25, 0.3) is 0 Å². The van der Waals surface area contributed by atoms with Crippen LogP contribution < -0.4 is 16.0 Å². The smallest absolute Gasteiger partial charge is 0.463 e. The molecule has 7 aromatic rings. The highest BCUT2D eigenvalue weighted by Crippen LogP contribution is 2.53. The molecule has 3 amide bonds. The van der Waals surface area contributed by atoms with Gasteiger partial charge in [0.1, 0.15) is 93.5 Å². The predicted molar refractivity (Wildman–Crippen MR) is 508 cm³/mol. The van der Waals surface area contributed by atoms with Crippen LogP contribution in [0.4, 0.5) is 9.59 Å². The van der Waals surface area contributed by atoms with Gasteiger partial charge in [-0.05, 0) is 86.0 Å². The Hall–Kier alpha value is -14.1. The minimum atomic E-state index is -5.53. The molecule has 0 bridgehead atoms. The maximum absolute atomic E-state index is 16.3. The van der Waals surface area contributed by atoms with Gasteiger partial charge in [-0.15, -0.1) is 0 Å². The van der Waals surface area contributed by atoms with Crippen LogP contribution in [0.3, 0.4) is 0 Å². The minimum absolute atomic E-state index is 0.0607. The van der Waals surface area contributed by atoms with Crippen molar-refractivity contribution < 1.29 is 199 Å². The molecule has 149 heavy (non-hydrogen) atoms. The van der Waals surface area contributed by atoms with E-state index in [1.807, 2.05) is 0 Å². The van der Waals surface area contributed by atoms with Crippen molar-refractivity contribution in [1.29, 1.82) is 0 Å². The van der Waals surface area contributed by atoms with Gasteiger partial charge in [-0.25, -0.2) is 33.3 Å². The van der Waals surface area contributed by atoms with Crippen molar-refractivity contribution in [1.82, 2.24) is 16.0 Å². The van der Waals surface area contributed by atoms with Gasteiger partial charge in [0.2, 0.25) is 5.91 Å². The lowest BCUT2D eigenvalue weighted by molar-refractivity contribution is -0.405. The first-order valence-corrected chi connectivity index (χ1v) is 48.6. The highest BCUT2D eigenvalue weighted by molar-refractivity contribution is 7.48. The molecular formula is C103H118N3O42P. The van der Waals surface area contributed by atoms with Crippen LogP contribution in [0, 0.1) is 0 Å². The average Bonchev–Trinajstić information content (AvgIpc) is 0.742. The maximum atomic E-state index is 16.3. The molecule has 46 heteroatoms. The summed E-state index contributed by atoms with van der Waals surface area (Å²) in [6.07, 6.45) is -50.9. The van der Waals surface area contributed by atoms with E-state index in [0.717, 1.165) is 62.3 Å². The summed E-state index contributed by atoms with van der Waals surface area (Å²) in [4.78, 5) is 213. The van der Waals surface area contributed by atoms with Crippen molar-refractivity contribution in [2.45, 2.75) is 243 Å². The van der Waals surface area contributed by atoms with E-state index in [-0.39, 0.29) is 28.9 Å². The first kappa shape index (κ1) is 115. The second kappa shape index (κ2) is 56.4. The number of phosphoric ester groups is 1. The molecule has 0 spiro atoms. The van der Waals surface area contributed by atoms with Crippen LogP contribution in [0.5, 0.6) is 0 Å². The molecule has 802 valence electrons. The molecular weight excluding hydrogens is 1980 g/mol. The fraction of sp³-hybridized carbons (Fsp3) is 0.447. The molecule has 0 radical (unpaired) electrons. The van der Waals surface area contributed by atoms with Gasteiger partial charge in [0.25, 0.3) is 0 Å². The number of alkyl carbamates (subject to hydrolysis) is 2. The Morgan fingerprint density at radius 1 is 0.329 bits per heavy atom. The summed E-state index contributed by atoms with van der Waals surface area (Å²) in [7, 11) is -5.53. The SMILES string of the molecule is CC(=O)N[C@H]1[C@@H](O[C@@H]2[C@@H](O[C@H]3[C@H](O[C@@H]4O[C@H](COC(=O)c5ccccc5)[C@@H](OC(=O)c5ccccc5)[C@H](OC(=O)c5ccccc5)[C@H]4OC(=O)c4ccccc4)[C@@H]([C@H](COC(C)=O)OC(C)=O)O[C@H](OCCNC(=O)OCc4ccccc4)[C@H]3OCc3ccccc3)O[C@H]([C@H](COC(C)=O)OP(=O)(OCCNC(=O)OC(C)(C)C)OCc3ccccc3)[C@@H](OC(C)=O)[C@@H]2OC(C)=O)O[C@H](COC(C)=O)[C@@H](OC(C)=O)[C@@H]1OC(C)=O. The van der Waals surface area contributed by atoms with Crippen molar-refractivity contribution in [3.8, 4) is 0 Å². The van der Waals surface area contributed by atoms with Crippen molar-refractivity contribution in [2.75, 3.05) is 52.7 Å². The van der Waals surface area contributed by atoms with Gasteiger partial charge in [0.15, 0.2) is 80.1 Å². The summed E-state index contributed by atoms with van der Waals surface area (Å²) in [5.41, 5.74) is -0.487. The quantitative estimate of drug-likeness (QED) is 0.0138. The molecule has 45 nitrogen and oxygen atoms in total. The molecule has 4 saturated heterocycles. The molecule has 0 aliphatic carbocycles. The zero-order valence-electron chi connectivity index (χ0n) is 83.3. The fourth-order valence-electron chi connectivity index (χ4n) is 15.8. The van der Waals surface area contributed by atoms with Gasteiger partial charge in [-0.1, -0.05) is 164 Å². The molecule has 4 heterocycles. The number of ether oxygens (including phenoxy) is 23. The molecule has 4 fully saturated rings. The Balaban J connectivity index is 1.23. The van der Waals surface area contributed by atoms with Gasteiger partial charge in [-0.3, -0.25) is 56.7 Å². The first-order chi connectivity index (χ1) is 71.2. The van der Waals surface area contributed by atoms with E-state index in [4.69, 9.17) is 123 Å². The van der Waals surface area contributed by atoms with Crippen LogP contribution in [-0.4, -0.2) is 283 Å². The van der Waals surface area contributed by atoms with Crippen LogP contribution in [0.2, 0.25) is 0 Å². The lowest BCUT2D eigenvalue weighted by Gasteiger charge is -2.53. The van der Waals surface area contributed by atoms with Crippen molar-refractivity contribution >= 4 is 97.5 Å². The predicted octanol–water partition coefficient (Wildman–Crippen LogP) is 9.21. The number of hydrogen-bond acceptors (Lipinski definition) is 42. The average molecular weight is 2100 g/mol. The Kier molecular flexibility index (Phi) is 43.6. The first-order valence-electron chi connectivity index (χ1n) is 47.2. The highest BCUT2D eigenvalue weighted by Gasteiger charge is 2.64. The molecule has 0 aromatic heterocycles. The molecule has 4 aliphatic heterocycles. The Bertz CT molecular complexity index is 5660. The van der Waals surface area contributed by atoms with E-state index >= 15 is 18.9 Å². The van der Waals surface area contributed by atoms with Gasteiger partial charge in [0.05, 0.1) is 48.7 Å². The van der Waals surface area contributed by atoms with E-state index in [1.165, 1.54) is 97.1 Å². The number of nitrogens with one attached hydrogen (secondary N) is 3.